The molecule has 0 saturated carbocycles. The van der Waals surface area contributed by atoms with Crippen molar-refractivity contribution in [3.63, 3.8) is 0 Å². The lowest BCUT2D eigenvalue weighted by atomic mass is 10.2. The number of halogens is 1. The number of carbonyl (C=O) groups excluding carboxylic acids is 2. The number of nitrogens with one attached hydrogen (secondary N) is 1. The van der Waals surface area contributed by atoms with E-state index in [1.165, 1.54) is 0 Å². The molecule has 1 saturated heterocycles. The molecule has 0 radical (unpaired) electrons. The first kappa shape index (κ1) is 17.9. The molecule has 28 heavy (non-hydrogen) atoms. The predicted octanol–water partition coefficient (Wildman–Crippen LogP) is 3.93. The summed E-state index contributed by atoms with van der Waals surface area (Å²) in [4.78, 5) is 26.2. The molecule has 0 spiro atoms. The maximum absolute atomic E-state index is 12.7. The van der Waals surface area contributed by atoms with Crippen molar-refractivity contribution >= 4 is 29.6 Å². The lowest BCUT2D eigenvalue weighted by Gasteiger charge is -2.12. The zero-order valence-corrected chi connectivity index (χ0v) is 15.4. The van der Waals surface area contributed by atoms with Gasteiger partial charge in [0.2, 0.25) is 0 Å². The lowest BCUT2D eigenvalue weighted by Crippen LogP contribution is -2.30. The molecular formula is C21H16ClN3O3. The van der Waals surface area contributed by atoms with Crippen molar-refractivity contribution in [2.75, 3.05) is 0 Å². The molecule has 0 atom stereocenters. The maximum Gasteiger partial charge on any atom is 0.329 e. The summed E-state index contributed by atoms with van der Waals surface area (Å²) in [6, 6.07) is 17.0. The summed E-state index contributed by atoms with van der Waals surface area (Å²) in [6.07, 6.45) is 3.46. The van der Waals surface area contributed by atoms with Crippen LogP contribution in [0.2, 0.25) is 5.02 Å². The average molecular weight is 394 g/mol. The van der Waals surface area contributed by atoms with E-state index in [4.69, 9.17) is 11.6 Å². The minimum atomic E-state index is -0.487. The molecule has 6 nitrogen and oxygen atoms in total. The molecule has 1 aliphatic heterocycles. The molecule has 0 bridgehead atoms. The Balaban J connectivity index is 1.61. The van der Waals surface area contributed by atoms with Crippen LogP contribution in [0.4, 0.5) is 4.79 Å². The highest BCUT2D eigenvalue weighted by atomic mass is 35.5. The summed E-state index contributed by atoms with van der Waals surface area (Å²) < 4.78 is 1.85. The molecule has 1 aliphatic rings. The van der Waals surface area contributed by atoms with Gasteiger partial charge >= 0.3 is 6.03 Å². The van der Waals surface area contributed by atoms with Gasteiger partial charge in [-0.1, -0.05) is 29.8 Å². The van der Waals surface area contributed by atoms with Gasteiger partial charge in [-0.15, -0.1) is 0 Å². The van der Waals surface area contributed by atoms with Gasteiger partial charge in [-0.25, -0.2) is 4.79 Å². The van der Waals surface area contributed by atoms with E-state index in [-0.39, 0.29) is 18.0 Å². The normalized spacial score (nSPS) is 15.3. The monoisotopic (exact) mass is 393 g/mol. The fourth-order valence-corrected chi connectivity index (χ4v) is 3.22. The number of imide groups is 1. The zero-order chi connectivity index (χ0) is 19.7. The van der Waals surface area contributed by atoms with Crippen molar-refractivity contribution in [3.05, 3.63) is 88.8 Å². The molecule has 140 valence electrons. The summed E-state index contributed by atoms with van der Waals surface area (Å²) in [5, 5.41) is 12.6. The summed E-state index contributed by atoms with van der Waals surface area (Å²) in [7, 11) is 0. The number of aromatic hydroxyl groups is 1. The summed E-state index contributed by atoms with van der Waals surface area (Å²) in [6.45, 7) is 0.0979. The Morgan fingerprint density at radius 1 is 1.00 bits per heavy atom. The Kier molecular flexibility index (Phi) is 4.63. The molecule has 0 unspecified atom stereocenters. The third kappa shape index (κ3) is 3.37. The second-order valence-electron chi connectivity index (χ2n) is 6.29. The topological polar surface area (TPSA) is 74.6 Å². The minimum absolute atomic E-state index is 0.0979. The molecule has 4 rings (SSSR count). The van der Waals surface area contributed by atoms with E-state index < -0.39 is 11.9 Å². The molecule has 2 aromatic carbocycles. The highest BCUT2D eigenvalue weighted by Gasteiger charge is 2.34. The SMILES string of the molecule is O=C1N/C(=C\c2cccn2-c2ccc(O)cc2)C(=O)N1Cc1ccccc1Cl. The van der Waals surface area contributed by atoms with Crippen LogP contribution < -0.4 is 5.32 Å². The third-order valence-electron chi connectivity index (χ3n) is 4.45. The number of hydrogen-bond acceptors (Lipinski definition) is 3. The number of phenolic OH excluding ortho intramolecular Hbond substituents is 1. The van der Waals surface area contributed by atoms with Crippen LogP contribution in [0.1, 0.15) is 11.3 Å². The van der Waals surface area contributed by atoms with Crippen molar-refractivity contribution < 1.29 is 14.7 Å². The summed E-state index contributed by atoms with van der Waals surface area (Å²) >= 11 is 6.14. The number of amides is 3. The number of urea groups is 1. The Bertz CT molecular complexity index is 1090. The number of hydrogen-bond donors (Lipinski definition) is 2. The van der Waals surface area contributed by atoms with Crippen LogP contribution >= 0.6 is 11.6 Å². The number of benzene rings is 2. The molecular weight excluding hydrogens is 378 g/mol. The van der Waals surface area contributed by atoms with Crippen LogP contribution in [0.15, 0.2) is 72.6 Å². The van der Waals surface area contributed by atoms with Gasteiger partial charge in [0.15, 0.2) is 0 Å². The number of carbonyl (C=O) groups is 2. The van der Waals surface area contributed by atoms with Gasteiger partial charge in [-0.3, -0.25) is 9.69 Å². The largest absolute Gasteiger partial charge is 0.508 e. The van der Waals surface area contributed by atoms with Crippen molar-refractivity contribution in [2.24, 2.45) is 0 Å². The highest BCUT2D eigenvalue weighted by Crippen LogP contribution is 2.23. The fourth-order valence-electron chi connectivity index (χ4n) is 3.02. The lowest BCUT2D eigenvalue weighted by molar-refractivity contribution is -0.123. The van der Waals surface area contributed by atoms with E-state index in [1.807, 2.05) is 22.9 Å². The van der Waals surface area contributed by atoms with Crippen molar-refractivity contribution in [1.82, 2.24) is 14.8 Å². The van der Waals surface area contributed by atoms with E-state index >= 15 is 0 Å². The highest BCUT2D eigenvalue weighted by molar-refractivity contribution is 6.31. The van der Waals surface area contributed by atoms with Gasteiger partial charge in [-0.2, -0.15) is 0 Å². The van der Waals surface area contributed by atoms with Crippen LogP contribution in [0.25, 0.3) is 11.8 Å². The van der Waals surface area contributed by atoms with E-state index in [0.29, 0.717) is 16.3 Å². The minimum Gasteiger partial charge on any atom is -0.508 e. The maximum atomic E-state index is 12.7. The zero-order valence-electron chi connectivity index (χ0n) is 14.7. The summed E-state index contributed by atoms with van der Waals surface area (Å²) in [5.41, 5.74) is 2.42. The van der Waals surface area contributed by atoms with E-state index in [2.05, 4.69) is 5.32 Å². The van der Waals surface area contributed by atoms with Crippen LogP contribution in [-0.4, -0.2) is 26.5 Å². The van der Waals surface area contributed by atoms with Crippen molar-refractivity contribution in [1.29, 1.82) is 0 Å². The van der Waals surface area contributed by atoms with Crippen molar-refractivity contribution in [2.45, 2.75) is 6.54 Å². The van der Waals surface area contributed by atoms with Crippen LogP contribution in [-0.2, 0) is 11.3 Å². The fraction of sp³-hybridized carbons (Fsp3) is 0.0476. The van der Waals surface area contributed by atoms with E-state index in [9.17, 15) is 14.7 Å². The Labute approximate surface area is 166 Å². The second-order valence-corrected chi connectivity index (χ2v) is 6.70. The molecule has 7 heteroatoms. The second kappa shape index (κ2) is 7.25. The molecule has 3 aromatic rings. The van der Waals surface area contributed by atoms with Crippen molar-refractivity contribution in [3.8, 4) is 11.4 Å². The van der Waals surface area contributed by atoms with Crippen LogP contribution in [0.5, 0.6) is 5.75 Å². The molecule has 2 heterocycles. The summed E-state index contributed by atoms with van der Waals surface area (Å²) in [5.74, 6) is -0.243. The quantitative estimate of drug-likeness (QED) is 0.521. The van der Waals surface area contributed by atoms with Gasteiger partial charge in [0, 0.05) is 22.6 Å². The van der Waals surface area contributed by atoms with Crippen LogP contribution in [0.3, 0.4) is 0 Å². The first-order valence-electron chi connectivity index (χ1n) is 8.57. The number of phenols is 1. The standard InChI is InChI=1S/C21H16ClN3O3/c22-18-6-2-1-4-14(18)13-25-20(27)19(23-21(25)28)12-16-5-3-11-24(16)15-7-9-17(26)10-8-15/h1-12,26H,13H2,(H,23,28)/b19-12-. The third-order valence-corrected chi connectivity index (χ3v) is 4.82. The predicted molar refractivity (Wildman–Crippen MR) is 106 cm³/mol. The molecule has 1 fully saturated rings. The first-order chi connectivity index (χ1) is 13.5. The molecule has 3 amide bonds. The smallest absolute Gasteiger partial charge is 0.329 e. The average Bonchev–Trinajstić information content (AvgIpc) is 3.24. The Morgan fingerprint density at radius 3 is 2.50 bits per heavy atom. The van der Waals surface area contributed by atoms with Gasteiger partial charge in [0.1, 0.15) is 11.4 Å². The Morgan fingerprint density at radius 2 is 1.75 bits per heavy atom. The Hall–Kier alpha value is -3.51. The van der Waals surface area contributed by atoms with Gasteiger partial charge in [0.05, 0.1) is 6.54 Å². The number of rotatable bonds is 4. The molecule has 2 N–H and O–H groups in total. The first-order valence-corrected chi connectivity index (χ1v) is 8.95. The molecule has 1 aromatic heterocycles. The van der Waals surface area contributed by atoms with Crippen LogP contribution in [0, 0.1) is 0 Å². The van der Waals surface area contributed by atoms with Gasteiger partial charge in [0.25, 0.3) is 5.91 Å². The number of aromatic nitrogens is 1. The molecule has 0 aliphatic carbocycles. The number of nitrogens with zero attached hydrogens (tertiary/aromatic N) is 2. The van der Waals surface area contributed by atoms with Gasteiger partial charge in [-0.05, 0) is 54.1 Å². The van der Waals surface area contributed by atoms with E-state index in [1.54, 1.807) is 54.6 Å². The van der Waals surface area contributed by atoms with E-state index in [0.717, 1.165) is 10.6 Å². The van der Waals surface area contributed by atoms with Gasteiger partial charge < -0.3 is 15.0 Å².